The molecule has 150 valence electrons. The Morgan fingerprint density at radius 3 is 2.71 bits per heavy atom. The zero-order valence-electron chi connectivity index (χ0n) is 16.6. The zero-order chi connectivity index (χ0) is 21.4. The third-order valence-electron chi connectivity index (χ3n) is 5.21. The summed E-state index contributed by atoms with van der Waals surface area (Å²) in [6, 6.07) is 17.5. The van der Waals surface area contributed by atoms with E-state index in [9.17, 15) is 4.79 Å². The van der Waals surface area contributed by atoms with Crippen LogP contribution in [0.15, 0.2) is 65.6 Å². The van der Waals surface area contributed by atoms with E-state index in [2.05, 4.69) is 20.0 Å². The second-order valence-electron chi connectivity index (χ2n) is 7.19. The second-order valence-corrected chi connectivity index (χ2v) is 8.30. The van der Waals surface area contributed by atoms with Gasteiger partial charge in [-0.2, -0.15) is 0 Å². The molecule has 2 N–H and O–H groups in total. The van der Waals surface area contributed by atoms with Crippen molar-refractivity contribution in [2.24, 2.45) is 0 Å². The van der Waals surface area contributed by atoms with Gasteiger partial charge in [0.15, 0.2) is 5.69 Å². The van der Waals surface area contributed by atoms with Crippen LogP contribution in [0.1, 0.15) is 16.3 Å². The normalized spacial score (nSPS) is 11.0. The Morgan fingerprint density at radius 1 is 1.10 bits per heavy atom. The Balaban J connectivity index is 1.62. The number of benzene rings is 2. The van der Waals surface area contributed by atoms with E-state index >= 15 is 0 Å². The van der Waals surface area contributed by atoms with Crippen LogP contribution in [0.5, 0.6) is 0 Å². The number of pyridine rings is 1. The molecule has 2 aromatic carbocycles. The fourth-order valence-electron chi connectivity index (χ4n) is 3.71. The third-order valence-corrected chi connectivity index (χ3v) is 6.24. The number of para-hydroxylation sites is 2. The van der Waals surface area contributed by atoms with Gasteiger partial charge in [-0.05, 0) is 24.6 Å². The number of fused-ring (bicyclic) bond motifs is 1. The highest BCUT2D eigenvalue weighted by molar-refractivity contribution is 7.15. The lowest BCUT2D eigenvalue weighted by Gasteiger charge is -2.07. The van der Waals surface area contributed by atoms with Crippen LogP contribution < -0.4 is 5.56 Å². The Hall–Kier alpha value is -4.02. The standard InChI is InChI=1S/C24H17N5OS/c1-14-23(24(30)29-28-14)20-12-17(16-8-4-6-10-19(16)27-20)21-13-26-22(31-21)11-15-7-3-5-9-18(15)25-2/h3-10,12-13H,11H2,1H3,(H2,28,29,30). The van der Waals surface area contributed by atoms with Gasteiger partial charge in [0, 0.05) is 29.3 Å². The summed E-state index contributed by atoms with van der Waals surface area (Å²) in [5.74, 6) is 0. The molecule has 0 spiro atoms. The monoisotopic (exact) mass is 423 g/mol. The largest absolute Gasteiger partial charge is 0.302 e. The number of aromatic nitrogens is 4. The minimum atomic E-state index is -0.188. The summed E-state index contributed by atoms with van der Waals surface area (Å²) in [7, 11) is 0. The number of aryl methyl sites for hydroxylation is 1. The van der Waals surface area contributed by atoms with E-state index in [1.54, 1.807) is 11.3 Å². The maximum Gasteiger partial charge on any atom is 0.273 e. The zero-order valence-corrected chi connectivity index (χ0v) is 17.5. The van der Waals surface area contributed by atoms with Gasteiger partial charge in [-0.3, -0.25) is 9.89 Å². The van der Waals surface area contributed by atoms with Gasteiger partial charge in [0.2, 0.25) is 0 Å². The minimum Gasteiger partial charge on any atom is -0.302 e. The van der Waals surface area contributed by atoms with Gasteiger partial charge in [0.1, 0.15) is 0 Å². The Bertz CT molecular complexity index is 1520. The topological polar surface area (TPSA) is 78.8 Å². The molecule has 7 heteroatoms. The molecule has 0 fully saturated rings. The van der Waals surface area contributed by atoms with Crippen LogP contribution in [-0.2, 0) is 6.42 Å². The molecule has 3 heterocycles. The van der Waals surface area contributed by atoms with Crippen molar-refractivity contribution < 1.29 is 0 Å². The van der Waals surface area contributed by atoms with Crippen LogP contribution >= 0.6 is 11.3 Å². The van der Waals surface area contributed by atoms with E-state index in [1.165, 1.54) is 0 Å². The summed E-state index contributed by atoms with van der Waals surface area (Å²) in [4.78, 5) is 26.3. The smallest absolute Gasteiger partial charge is 0.273 e. The molecule has 31 heavy (non-hydrogen) atoms. The maximum absolute atomic E-state index is 12.3. The van der Waals surface area contributed by atoms with Crippen molar-refractivity contribution in [1.82, 2.24) is 20.2 Å². The molecular weight excluding hydrogens is 406 g/mol. The number of hydrogen-bond acceptors (Lipinski definition) is 4. The molecule has 0 amide bonds. The highest BCUT2D eigenvalue weighted by atomic mass is 32.1. The molecule has 0 aliphatic heterocycles. The Labute approximate surface area is 182 Å². The predicted octanol–water partition coefficient (Wildman–Crippen LogP) is 5.49. The van der Waals surface area contributed by atoms with Crippen molar-refractivity contribution in [2.75, 3.05) is 0 Å². The van der Waals surface area contributed by atoms with Gasteiger partial charge in [0.25, 0.3) is 5.56 Å². The van der Waals surface area contributed by atoms with Crippen molar-refractivity contribution >= 4 is 27.9 Å². The van der Waals surface area contributed by atoms with Gasteiger partial charge in [-0.15, -0.1) is 11.3 Å². The van der Waals surface area contributed by atoms with Crippen molar-refractivity contribution in [3.05, 3.63) is 98.8 Å². The first-order chi connectivity index (χ1) is 15.1. The van der Waals surface area contributed by atoms with E-state index < -0.39 is 0 Å². The molecule has 0 saturated heterocycles. The summed E-state index contributed by atoms with van der Waals surface area (Å²) in [5, 5.41) is 7.45. The minimum absolute atomic E-state index is 0.188. The summed E-state index contributed by atoms with van der Waals surface area (Å²) in [6.45, 7) is 9.23. The fourth-order valence-corrected chi connectivity index (χ4v) is 4.68. The molecule has 0 radical (unpaired) electrons. The molecule has 0 unspecified atom stereocenters. The maximum atomic E-state index is 12.3. The van der Waals surface area contributed by atoms with Crippen molar-refractivity contribution in [3.63, 3.8) is 0 Å². The van der Waals surface area contributed by atoms with Crippen LogP contribution in [0.4, 0.5) is 5.69 Å². The lowest BCUT2D eigenvalue weighted by Crippen LogP contribution is -2.03. The van der Waals surface area contributed by atoms with Crippen LogP contribution in [0.2, 0.25) is 0 Å². The lowest BCUT2D eigenvalue weighted by atomic mass is 10.0. The number of rotatable bonds is 4. The third kappa shape index (κ3) is 3.43. The van der Waals surface area contributed by atoms with Crippen LogP contribution in [0, 0.1) is 13.5 Å². The average Bonchev–Trinajstić information content (AvgIpc) is 3.39. The lowest BCUT2D eigenvalue weighted by molar-refractivity contribution is 1.02. The van der Waals surface area contributed by atoms with Gasteiger partial charge in [-0.1, -0.05) is 42.5 Å². The highest BCUT2D eigenvalue weighted by Crippen LogP contribution is 2.35. The summed E-state index contributed by atoms with van der Waals surface area (Å²) in [6.07, 6.45) is 2.47. The molecule has 5 rings (SSSR count). The fraction of sp³-hybridized carbons (Fsp3) is 0.0833. The molecule has 6 nitrogen and oxygen atoms in total. The van der Waals surface area contributed by atoms with Crippen LogP contribution in [0.3, 0.4) is 0 Å². The van der Waals surface area contributed by atoms with Gasteiger partial charge < -0.3 is 5.10 Å². The molecule has 0 saturated carbocycles. The van der Waals surface area contributed by atoms with E-state index in [0.717, 1.165) is 37.6 Å². The number of H-pyrrole nitrogens is 2. The van der Waals surface area contributed by atoms with Gasteiger partial charge in [0.05, 0.1) is 33.2 Å². The molecular formula is C24H17N5OS. The number of nitrogens with zero attached hydrogens (tertiary/aromatic N) is 3. The molecule has 3 aromatic heterocycles. The van der Waals surface area contributed by atoms with Crippen molar-refractivity contribution in [1.29, 1.82) is 0 Å². The number of thiazole rings is 1. The molecule has 0 aliphatic carbocycles. The summed E-state index contributed by atoms with van der Waals surface area (Å²) >= 11 is 1.59. The van der Waals surface area contributed by atoms with E-state index in [-0.39, 0.29) is 5.56 Å². The van der Waals surface area contributed by atoms with Gasteiger partial charge in [-0.25, -0.2) is 14.8 Å². The van der Waals surface area contributed by atoms with Crippen LogP contribution in [-0.4, -0.2) is 20.2 Å². The molecule has 0 bridgehead atoms. The Kier molecular flexibility index (Phi) is 4.69. The highest BCUT2D eigenvalue weighted by Gasteiger charge is 2.16. The molecule has 5 aromatic rings. The first kappa shape index (κ1) is 19.0. The summed E-state index contributed by atoms with van der Waals surface area (Å²) < 4.78 is 0. The van der Waals surface area contributed by atoms with Crippen molar-refractivity contribution in [2.45, 2.75) is 13.3 Å². The average molecular weight is 424 g/mol. The number of hydrogen-bond donors (Lipinski definition) is 2. The van der Waals surface area contributed by atoms with E-state index in [4.69, 9.17) is 11.6 Å². The SMILES string of the molecule is [C-]#[N+]c1ccccc1Cc1ncc(-c2cc(-c3c(C)[nH][nH]c3=O)nc3ccccc23)s1. The van der Waals surface area contributed by atoms with Crippen LogP contribution in [0.25, 0.3) is 37.4 Å². The number of nitrogens with one attached hydrogen (secondary N) is 2. The molecule has 0 atom stereocenters. The second kappa shape index (κ2) is 7.67. The quantitative estimate of drug-likeness (QED) is 0.375. The first-order valence-electron chi connectivity index (χ1n) is 9.72. The predicted molar refractivity (Wildman–Crippen MR) is 124 cm³/mol. The number of aromatic amines is 2. The van der Waals surface area contributed by atoms with Gasteiger partial charge >= 0.3 is 0 Å². The van der Waals surface area contributed by atoms with E-state index in [0.29, 0.717) is 23.4 Å². The molecule has 0 aliphatic rings. The first-order valence-corrected chi connectivity index (χ1v) is 10.5. The Morgan fingerprint density at radius 2 is 1.90 bits per heavy atom. The van der Waals surface area contributed by atoms with Crippen molar-refractivity contribution in [3.8, 4) is 21.7 Å². The summed E-state index contributed by atoms with van der Waals surface area (Å²) in [5.41, 5.74) is 5.16. The van der Waals surface area contributed by atoms with E-state index in [1.807, 2.05) is 67.7 Å².